The van der Waals surface area contributed by atoms with E-state index in [2.05, 4.69) is 19.2 Å². The highest BCUT2D eigenvalue weighted by Gasteiger charge is 2.16. The topological polar surface area (TPSA) is 38.3 Å². The summed E-state index contributed by atoms with van der Waals surface area (Å²) in [6, 6.07) is 15.5. The first-order chi connectivity index (χ1) is 10.5. The fourth-order valence-electron chi connectivity index (χ4n) is 2.22. The normalized spacial score (nSPS) is 12.0. The average molecular weight is 297 g/mol. The highest BCUT2D eigenvalue weighted by molar-refractivity contribution is 5.94. The Labute approximate surface area is 132 Å². The third kappa shape index (κ3) is 4.10. The van der Waals surface area contributed by atoms with Crippen LogP contribution in [0.25, 0.3) is 0 Å². The van der Waals surface area contributed by atoms with Gasteiger partial charge in [-0.05, 0) is 43.5 Å². The SMILES string of the molecule is Cc1ccc(O[C@@H](C)C(=O)Nc2ccccc2C(C)C)cc1. The van der Waals surface area contributed by atoms with Crippen molar-refractivity contribution in [2.45, 2.75) is 39.7 Å². The summed E-state index contributed by atoms with van der Waals surface area (Å²) in [6.07, 6.45) is -0.553. The number of carbonyl (C=O) groups is 1. The van der Waals surface area contributed by atoms with Gasteiger partial charge in [0, 0.05) is 5.69 Å². The molecule has 0 aliphatic carbocycles. The van der Waals surface area contributed by atoms with E-state index in [4.69, 9.17) is 4.74 Å². The van der Waals surface area contributed by atoms with Gasteiger partial charge in [0.15, 0.2) is 6.10 Å². The Kier molecular flexibility index (Phi) is 5.21. The van der Waals surface area contributed by atoms with Gasteiger partial charge in [0.2, 0.25) is 0 Å². The minimum atomic E-state index is -0.553. The Morgan fingerprint density at radius 2 is 1.64 bits per heavy atom. The summed E-state index contributed by atoms with van der Waals surface area (Å²) >= 11 is 0. The van der Waals surface area contributed by atoms with Crippen LogP contribution in [0.5, 0.6) is 5.75 Å². The lowest BCUT2D eigenvalue weighted by molar-refractivity contribution is -0.122. The number of para-hydroxylation sites is 1. The van der Waals surface area contributed by atoms with Gasteiger partial charge in [-0.25, -0.2) is 0 Å². The summed E-state index contributed by atoms with van der Waals surface area (Å²) in [5, 5.41) is 2.96. The van der Waals surface area contributed by atoms with E-state index in [0.717, 1.165) is 16.8 Å². The second-order valence-electron chi connectivity index (χ2n) is 5.80. The van der Waals surface area contributed by atoms with Crippen molar-refractivity contribution in [2.24, 2.45) is 0 Å². The largest absolute Gasteiger partial charge is 0.481 e. The number of hydrogen-bond acceptors (Lipinski definition) is 2. The molecular weight excluding hydrogens is 274 g/mol. The average Bonchev–Trinajstić information content (AvgIpc) is 2.49. The van der Waals surface area contributed by atoms with Crippen LogP contribution in [0.3, 0.4) is 0 Å². The number of ether oxygens (including phenoxy) is 1. The standard InChI is InChI=1S/C19H23NO2/c1-13(2)17-7-5-6-8-18(17)20-19(21)15(4)22-16-11-9-14(3)10-12-16/h5-13,15H,1-4H3,(H,20,21)/t15-/m0/s1. The second kappa shape index (κ2) is 7.12. The zero-order valence-electron chi connectivity index (χ0n) is 13.6. The predicted octanol–water partition coefficient (Wildman–Crippen LogP) is 4.52. The van der Waals surface area contributed by atoms with Gasteiger partial charge in [-0.2, -0.15) is 0 Å². The Morgan fingerprint density at radius 1 is 1.00 bits per heavy atom. The smallest absolute Gasteiger partial charge is 0.265 e. The van der Waals surface area contributed by atoms with Crippen LogP contribution >= 0.6 is 0 Å². The second-order valence-corrected chi connectivity index (χ2v) is 5.80. The quantitative estimate of drug-likeness (QED) is 0.881. The van der Waals surface area contributed by atoms with Crippen molar-refractivity contribution in [2.75, 3.05) is 5.32 Å². The van der Waals surface area contributed by atoms with Crippen LogP contribution in [0.2, 0.25) is 0 Å². The molecule has 1 N–H and O–H groups in total. The van der Waals surface area contributed by atoms with Crippen molar-refractivity contribution >= 4 is 11.6 Å². The van der Waals surface area contributed by atoms with E-state index in [1.165, 1.54) is 0 Å². The van der Waals surface area contributed by atoms with Gasteiger partial charge in [-0.15, -0.1) is 0 Å². The van der Waals surface area contributed by atoms with Crippen LogP contribution in [0.4, 0.5) is 5.69 Å². The van der Waals surface area contributed by atoms with Gasteiger partial charge in [0.05, 0.1) is 0 Å². The van der Waals surface area contributed by atoms with Gasteiger partial charge in [-0.1, -0.05) is 49.7 Å². The number of carbonyl (C=O) groups excluding carboxylic acids is 1. The monoisotopic (exact) mass is 297 g/mol. The lowest BCUT2D eigenvalue weighted by Gasteiger charge is -2.17. The summed E-state index contributed by atoms with van der Waals surface area (Å²) < 4.78 is 5.69. The summed E-state index contributed by atoms with van der Waals surface area (Å²) in [4.78, 5) is 12.3. The van der Waals surface area contributed by atoms with Crippen LogP contribution < -0.4 is 10.1 Å². The number of nitrogens with one attached hydrogen (secondary N) is 1. The number of hydrogen-bond donors (Lipinski definition) is 1. The Bertz CT molecular complexity index is 632. The zero-order valence-corrected chi connectivity index (χ0v) is 13.6. The van der Waals surface area contributed by atoms with Gasteiger partial charge in [0.1, 0.15) is 5.75 Å². The molecule has 0 fully saturated rings. The van der Waals surface area contributed by atoms with Crippen molar-refractivity contribution in [3.05, 3.63) is 59.7 Å². The third-order valence-electron chi connectivity index (χ3n) is 3.54. The van der Waals surface area contributed by atoms with Crippen molar-refractivity contribution < 1.29 is 9.53 Å². The molecule has 0 spiro atoms. The first kappa shape index (κ1) is 16.1. The molecule has 2 rings (SSSR count). The lowest BCUT2D eigenvalue weighted by Crippen LogP contribution is -2.30. The lowest BCUT2D eigenvalue weighted by atomic mass is 10.0. The Morgan fingerprint density at radius 3 is 2.27 bits per heavy atom. The molecule has 0 heterocycles. The van der Waals surface area contributed by atoms with E-state index in [9.17, 15) is 4.79 Å². The summed E-state index contributed by atoms with van der Waals surface area (Å²) in [5.41, 5.74) is 3.13. The summed E-state index contributed by atoms with van der Waals surface area (Å²) in [5.74, 6) is 0.906. The van der Waals surface area contributed by atoms with Crippen molar-refractivity contribution in [3.8, 4) is 5.75 Å². The molecule has 0 unspecified atom stereocenters. The number of aryl methyl sites for hydroxylation is 1. The maximum Gasteiger partial charge on any atom is 0.265 e. The summed E-state index contributed by atoms with van der Waals surface area (Å²) in [6.45, 7) is 7.99. The van der Waals surface area contributed by atoms with Crippen molar-refractivity contribution in [1.82, 2.24) is 0 Å². The van der Waals surface area contributed by atoms with Crippen LogP contribution in [0.1, 0.15) is 37.8 Å². The van der Waals surface area contributed by atoms with Crippen LogP contribution in [0, 0.1) is 6.92 Å². The number of amides is 1. The minimum Gasteiger partial charge on any atom is -0.481 e. The minimum absolute atomic E-state index is 0.145. The first-order valence-electron chi connectivity index (χ1n) is 7.60. The fourth-order valence-corrected chi connectivity index (χ4v) is 2.22. The molecule has 0 bridgehead atoms. The molecule has 0 saturated heterocycles. The maximum atomic E-state index is 12.3. The predicted molar refractivity (Wildman–Crippen MR) is 90.4 cm³/mol. The van der Waals surface area contributed by atoms with Gasteiger partial charge < -0.3 is 10.1 Å². The molecule has 2 aromatic rings. The Balaban J connectivity index is 2.04. The number of anilines is 1. The third-order valence-corrected chi connectivity index (χ3v) is 3.54. The van der Waals surface area contributed by atoms with E-state index < -0.39 is 6.10 Å². The molecule has 3 heteroatoms. The molecule has 116 valence electrons. The molecule has 0 aliphatic heterocycles. The zero-order chi connectivity index (χ0) is 16.1. The van der Waals surface area contributed by atoms with Crippen LogP contribution in [-0.4, -0.2) is 12.0 Å². The maximum absolute atomic E-state index is 12.3. The summed E-state index contributed by atoms with van der Waals surface area (Å²) in [7, 11) is 0. The molecule has 1 amide bonds. The highest BCUT2D eigenvalue weighted by Crippen LogP contribution is 2.24. The van der Waals surface area contributed by atoms with E-state index in [-0.39, 0.29) is 5.91 Å². The number of rotatable bonds is 5. The van der Waals surface area contributed by atoms with Gasteiger partial charge >= 0.3 is 0 Å². The Hall–Kier alpha value is -2.29. The van der Waals surface area contributed by atoms with Gasteiger partial charge in [-0.3, -0.25) is 4.79 Å². The van der Waals surface area contributed by atoms with Crippen LogP contribution in [-0.2, 0) is 4.79 Å². The molecule has 22 heavy (non-hydrogen) atoms. The number of benzene rings is 2. The van der Waals surface area contributed by atoms with E-state index >= 15 is 0 Å². The molecule has 2 aromatic carbocycles. The fraction of sp³-hybridized carbons (Fsp3) is 0.316. The van der Waals surface area contributed by atoms with E-state index in [1.807, 2.05) is 55.5 Å². The molecular formula is C19H23NO2. The molecule has 0 radical (unpaired) electrons. The molecule has 0 aromatic heterocycles. The van der Waals surface area contributed by atoms with E-state index in [1.54, 1.807) is 6.92 Å². The van der Waals surface area contributed by atoms with Crippen LogP contribution in [0.15, 0.2) is 48.5 Å². The highest BCUT2D eigenvalue weighted by atomic mass is 16.5. The molecule has 0 aliphatic rings. The van der Waals surface area contributed by atoms with Crippen molar-refractivity contribution in [1.29, 1.82) is 0 Å². The first-order valence-corrected chi connectivity index (χ1v) is 7.60. The molecule has 0 saturated carbocycles. The molecule has 1 atom stereocenters. The van der Waals surface area contributed by atoms with E-state index in [0.29, 0.717) is 11.7 Å². The van der Waals surface area contributed by atoms with Gasteiger partial charge in [0.25, 0.3) is 5.91 Å². The van der Waals surface area contributed by atoms with Crippen molar-refractivity contribution in [3.63, 3.8) is 0 Å². The molecule has 3 nitrogen and oxygen atoms in total.